The van der Waals surface area contributed by atoms with Crippen molar-refractivity contribution >= 4 is 29.1 Å². The minimum absolute atomic E-state index is 0.0874. The summed E-state index contributed by atoms with van der Waals surface area (Å²) in [5.41, 5.74) is 1.20. The van der Waals surface area contributed by atoms with E-state index in [4.69, 9.17) is 21.1 Å². The summed E-state index contributed by atoms with van der Waals surface area (Å²) in [7, 11) is 0. The predicted octanol–water partition coefficient (Wildman–Crippen LogP) is 3.63. The van der Waals surface area contributed by atoms with Crippen molar-refractivity contribution in [1.82, 2.24) is 9.88 Å². The first-order valence-electron chi connectivity index (χ1n) is 9.22. The first-order valence-corrected chi connectivity index (χ1v) is 9.60. The van der Waals surface area contributed by atoms with Crippen LogP contribution >= 0.6 is 11.6 Å². The van der Waals surface area contributed by atoms with Crippen molar-refractivity contribution in [2.75, 3.05) is 31.6 Å². The molecule has 3 heterocycles. The molecule has 0 saturated carbocycles. The van der Waals surface area contributed by atoms with Gasteiger partial charge in [-0.1, -0.05) is 11.6 Å². The van der Waals surface area contributed by atoms with Crippen LogP contribution in [0.25, 0.3) is 0 Å². The van der Waals surface area contributed by atoms with E-state index in [9.17, 15) is 9.59 Å². The fourth-order valence-corrected chi connectivity index (χ4v) is 3.57. The maximum Gasteiger partial charge on any atom is 0.321 e. The van der Waals surface area contributed by atoms with E-state index in [0.717, 1.165) is 0 Å². The zero-order valence-corrected chi connectivity index (χ0v) is 15.9. The van der Waals surface area contributed by atoms with Gasteiger partial charge in [0.05, 0.1) is 5.69 Å². The molecule has 1 N–H and O–H groups in total. The number of hydrogen-bond donors (Lipinski definition) is 1. The topological polar surface area (TPSA) is 80.8 Å². The van der Waals surface area contributed by atoms with Gasteiger partial charge in [0.1, 0.15) is 13.2 Å². The van der Waals surface area contributed by atoms with Gasteiger partial charge < -0.3 is 19.7 Å². The third-order valence-electron chi connectivity index (χ3n) is 4.96. The highest BCUT2D eigenvalue weighted by molar-refractivity contribution is 6.30. The van der Waals surface area contributed by atoms with Crippen molar-refractivity contribution in [3.63, 3.8) is 0 Å². The summed E-state index contributed by atoms with van der Waals surface area (Å²) >= 11 is 5.88. The molecule has 0 radical (unpaired) electrons. The number of fused-ring (bicyclic) bond motifs is 1. The minimum atomic E-state index is -0.222. The average molecular weight is 402 g/mol. The van der Waals surface area contributed by atoms with Crippen molar-refractivity contribution < 1.29 is 19.1 Å². The number of nitrogens with zero attached hydrogens (tertiary/aromatic N) is 2. The number of carbonyl (C=O) groups excluding carboxylic acids is 2. The SMILES string of the molecule is O=C(c1ccc(Cl)cc1)C1CCN(C(=O)Nc2ccnc3c2OCCO3)CC1. The number of urea groups is 1. The Morgan fingerprint density at radius 3 is 2.54 bits per heavy atom. The number of Topliss-reactive ketones (excluding diaryl/α,β-unsaturated/α-hetero) is 1. The lowest BCUT2D eigenvalue weighted by Gasteiger charge is -2.31. The Labute approximate surface area is 167 Å². The van der Waals surface area contributed by atoms with E-state index >= 15 is 0 Å². The second kappa shape index (κ2) is 8.06. The number of ether oxygens (including phenoxy) is 2. The van der Waals surface area contributed by atoms with Gasteiger partial charge in [-0.2, -0.15) is 0 Å². The van der Waals surface area contributed by atoms with Crippen LogP contribution in [-0.4, -0.2) is 48.0 Å². The van der Waals surface area contributed by atoms with Crippen molar-refractivity contribution in [2.24, 2.45) is 5.92 Å². The lowest BCUT2D eigenvalue weighted by atomic mass is 9.89. The highest BCUT2D eigenvalue weighted by Crippen LogP contribution is 2.35. The number of carbonyl (C=O) groups is 2. The third-order valence-corrected chi connectivity index (χ3v) is 5.22. The lowest BCUT2D eigenvalue weighted by molar-refractivity contribution is 0.0859. The number of piperidine rings is 1. The number of aromatic nitrogens is 1. The summed E-state index contributed by atoms with van der Waals surface area (Å²) in [4.78, 5) is 31.1. The van der Waals surface area contributed by atoms with Crippen molar-refractivity contribution in [3.05, 3.63) is 47.1 Å². The smallest absolute Gasteiger partial charge is 0.321 e. The van der Waals surface area contributed by atoms with E-state index in [1.807, 2.05) is 0 Å². The van der Waals surface area contributed by atoms with Gasteiger partial charge in [-0.15, -0.1) is 0 Å². The van der Waals surface area contributed by atoms with Crippen LogP contribution in [0.3, 0.4) is 0 Å². The summed E-state index contributed by atoms with van der Waals surface area (Å²) in [6.45, 7) is 1.88. The summed E-state index contributed by atoms with van der Waals surface area (Å²) in [5, 5.41) is 3.47. The Morgan fingerprint density at radius 1 is 1.07 bits per heavy atom. The molecule has 4 rings (SSSR count). The molecule has 146 valence electrons. The van der Waals surface area contributed by atoms with Gasteiger partial charge in [0.15, 0.2) is 5.78 Å². The maximum atomic E-state index is 12.6. The van der Waals surface area contributed by atoms with Crippen molar-refractivity contribution in [3.8, 4) is 11.6 Å². The summed E-state index contributed by atoms with van der Waals surface area (Å²) in [6, 6.07) is 8.40. The largest absolute Gasteiger partial charge is 0.483 e. The quantitative estimate of drug-likeness (QED) is 0.794. The summed E-state index contributed by atoms with van der Waals surface area (Å²) < 4.78 is 11.0. The molecule has 2 aliphatic heterocycles. The van der Waals surface area contributed by atoms with Crippen molar-refractivity contribution in [2.45, 2.75) is 12.8 Å². The Morgan fingerprint density at radius 2 is 1.79 bits per heavy atom. The van der Waals surface area contributed by atoms with Crippen LogP contribution in [0.1, 0.15) is 23.2 Å². The van der Waals surface area contributed by atoms with E-state index in [-0.39, 0.29) is 17.7 Å². The van der Waals surface area contributed by atoms with Gasteiger partial charge >= 0.3 is 6.03 Å². The van der Waals surface area contributed by atoms with Crippen LogP contribution in [0.2, 0.25) is 5.02 Å². The molecule has 0 spiro atoms. The molecule has 1 saturated heterocycles. The molecule has 0 aliphatic carbocycles. The Hall–Kier alpha value is -2.80. The molecule has 0 bridgehead atoms. The second-order valence-corrected chi connectivity index (χ2v) is 7.19. The maximum absolute atomic E-state index is 12.6. The first kappa shape index (κ1) is 18.6. The van der Waals surface area contributed by atoms with Gasteiger partial charge in [-0.05, 0) is 43.2 Å². The molecule has 1 aromatic heterocycles. The molecule has 28 heavy (non-hydrogen) atoms. The molecular weight excluding hydrogens is 382 g/mol. The number of likely N-dealkylation sites (tertiary alicyclic amines) is 1. The van der Waals surface area contributed by atoms with Crippen LogP contribution in [0.4, 0.5) is 10.5 Å². The van der Waals surface area contributed by atoms with E-state index in [1.165, 1.54) is 0 Å². The van der Waals surface area contributed by atoms with E-state index in [1.54, 1.807) is 41.4 Å². The monoisotopic (exact) mass is 401 g/mol. The number of amides is 2. The first-order chi connectivity index (χ1) is 13.6. The number of halogens is 1. The highest BCUT2D eigenvalue weighted by Gasteiger charge is 2.29. The molecule has 2 amide bonds. The zero-order chi connectivity index (χ0) is 19.5. The number of rotatable bonds is 3. The normalized spacial score (nSPS) is 16.5. The molecular formula is C20H20ClN3O4. The van der Waals surface area contributed by atoms with Crippen LogP contribution in [-0.2, 0) is 0 Å². The Kier molecular flexibility index (Phi) is 5.34. The zero-order valence-electron chi connectivity index (χ0n) is 15.2. The van der Waals surface area contributed by atoms with Crippen LogP contribution in [0.5, 0.6) is 11.6 Å². The molecule has 0 unspecified atom stereocenters. The fourth-order valence-electron chi connectivity index (χ4n) is 3.44. The second-order valence-electron chi connectivity index (χ2n) is 6.75. The van der Waals surface area contributed by atoms with E-state index in [0.29, 0.717) is 67.0 Å². The highest BCUT2D eigenvalue weighted by atomic mass is 35.5. The average Bonchev–Trinajstić information content (AvgIpc) is 2.74. The Balaban J connectivity index is 1.35. The lowest BCUT2D eigenvalue weighted by Crippen LogP contribution is -2.42. The molecule has 0 atom stereocenters. The minimum Gasteiger partial charge on any atom is -0.483 e. The molecule has 7 nitrogen and oxygen atoms in total. The number of anilines is 1. The van der Waals surface area contributed by atoms with E-state index < -0.39 is 0 Å². The van der Waals surface area contributed by atoms with Crippen LogP contribution < -0.4 is 14.8 Å². The molecule has 1 aromatic carbocycles. The number of nitrogens with one attached hydrogen (secondary N) is 1. The standard InChI is InChI=1S/C20H20ClN3O4/c21-15-3-1-13(2-4-15)17(25)14-6-9-24(10-7-14)20(26)23-16-5-8-22-19-18(16)27-11-12-28-19/h1-5,8,14H,6-7,9-12H2,(H,22,23,26). The van der Waals surface area contributed by atoms with Gasteiger partial charge in [-0.3, -0.25) is 4.79 Å². The molecule has 1 fully saturated rings. The van der Waals surface area contributed by atoms with Gasteiger partial charge in [0.2, 0.25) is 5.75 Å². The molecule has 8 heteroatoms. The number of ketones is 1. The summed E-state index contributed by atoms with van der Waals surface area (Å²) in [6.07, 6.45) is 2.83. The number of benzene rings is 1. The fraction of sp³-hybridized carbons (Fsp3) is 0.350. The predicted molar refractivity (Wildman–Crippen MR) is 104 cm³/mol. The van der Waals surface area contributed by atoms with Crippen LogP contribution in [0, 0.1) is 5.92 Å². The Bertz CT molecular complexity index is 880. The third kappa shape index (κ3) is 3.89. The molecule has 2 aliphatic rings. The van der Waals surface area contributed by atoms with E-state index in [2.05, 4.69) is 10.3 Å². The number of pyridine rings is 1. The van der Waals surface area contributed by atoms with Gasteiger partial charge in [0.25, 0.3) is 5.88 Å². The summed E-state index contributed by atoms with van der Waals surface area (Å²) in [5.74, 6) is 0.854. The number of hydrogen-bond acceptors (Lipinski definition) is 5. The van der Waals surface area contributed by atoms with Gasteiger partial charge in [0, 0.05) is 35.8 Å². The molecule has 2 aromatic rings. The van der Waals surface area contributed by atoms with Crippen molar-refractivity contribution in [1.29, 1.82) is 0 Å². The van der Waals surface area contributed by atoms with Gasteiger partial charge in [-0.25, -0.2) is 9.78 Å². The van der Waals surface area contributed by atoms with Crippen LogP contribution in [0.15, 0.2) is 36.5 Å².